The summed E-state index contributed by atoms with van der Waals surface area (Å²) < 4.78 is 50.2. The minimum absolute atomic E-state index is 0.0844. The van der Waals surface area contributed by atoms with Crippen LogP contribution in [0.2, 0.25) is 0 Å². The molecule has 1 fully saturated rings. The molecule has 50 heavy (non-hydrogen) atoms. The predicted octanol–water partition coefficient (Wildman–Crippen LogP) is 5.75. The number of rotatable bonds is 11. The molecule has 0 radical (unpaired) electrons. The Hall–Kier alpha value is -4.78. The Morgan fingerprint density at radius 3 is 2.34 bits per heavy atom. The largest absolute Gasteiger partial charge is 0.496 e. The number of pyridine rings is 1. The van der Waals surface area contributed by atoms with E-state index in [1.807, 2.05) is 25.1 Å². The molecule has 3 aromatic carbocycles. The number of hydrogen-bond donors (Lipinski definition) is 1. The zero-order chi connectivity index (χ0) is 35.6. The summed E-state index contributed by atoms with van der Waals surface area (Å²) in [5, 5.41) is 0.508. The number of hydrogen-bond acceptors (Lipinski definition) is 8. The van der Waals surface area contributed by atoms with Gasteiger partial charge in [-0.3, -0.25) is 9.69 Å². The first kappa shape index (κ1) is 35.1. The smallest absolute Gasteiger partial charge is 0.269 e. The standard InChI is InChI=1S/C38H43FN6O4S/c1-5-42(6-2)15-16-43-17-19-44(20-18-43)38(46)32-21-27(23-34(39)36(32)40)28-22-31-33(30-9-7-8-10-35(30)49-4)25-45(37(31)41-24-28)50(47,48)29-13-11-26(3)12-14-29/h7-14,21-25H,5-6,15-20,40H2,1-4H3. The van der Waals surface area contributed by atoms with Crippen LogP contribution >= 0.6 is 0 Å². The number of methoxy groups -OCH3 is 1. The van der Waals surface area contributed by atoms with Gasteiger partial charge in [-0.1, -0.05) is 49.7 Å². The molecule has 6 rings (SSSR count). The van der Waals surface area contributed by atoms with Crippen LogP contribution in [0.5, 0.6) is 5.75 Å². The number of ether oxygens (including phenoxy) is 1. The SMILES string of the molecule is CCN(CC)CCN1CCN(C(=O)c2cc(-c3cnc4c(c3)c(-c3ccccc3OC)cn4S(=O)(=O)c3ccc(C)cc3)cc(F)c2N)CC1. The molecule has 1 aliphatic rings. The van der Waals surface area contributed by atoms with E-state index < -0.39 is 15.8 Å². The zero-order valence-corrected chi connectivity index (χ0v) is 29.7. The van der Waals surface area contributed by atoms with Crippen molar-refractivity contribution < 1.29 is 22.3 Å². The van der Waals surface area contributed by atoms with Gasteiger partial charge >= 0.3 is 0 Å². The van der Waals surface area contributed by atoms with Gasteiger partial charge in [-0.25, -0.2) is 21.8 Å². The van der Waals surface area contributed by atoms with Gasteiger partial charge in [-0.05, 0) is 62.0 Å². The number of aromatic nitrogens is 2. The van der Waals surface area contributed by atoms with E-state index in [1.54, 1.807) is 54.5 Å². The van der Waals surface area contributed by atoms with Crippen LogP contribution in [0, 0.1) is 12.7 Å². The van der Waals surface area contributed by atoms with Gasteiger partial charge in [-0.15, -0.1) is 0 Å². The van der Waals surface area contributed by atoms with Crippen molar-refractivity contribution in [3.63, 3.8) is 0 Å². The lowest BCUT2D eigenvalue weighted by molar-refractivity contribution is 0.0625. The summed E-state index contributed by atoms with van der Waals surface area (Å²) in [5.41, 5.74) is 9.29. The van der Waals surface area contributed by atoms with Crippen molar-refractivity contribution in [2.45, 2.75) is 25.7 Å². The van der Waals surface area contributed by atoms with E-state index in [4.69, 9.17) is 10.5 Å². The minimum Gasteiger partial charge on any atom is -0.496 e. The van der Waals surface area contributed by atoms with Gasteiger partial charge in [0.05, 0.1) is 23.3 Å². The second-order valence-electron chi connectivity index (χ2n) is 12.5. The summed E-state index contributed by atoms with van der Waals surface area (Å²) in [5.74, 6) is -0.497. The second-order valence-corrected chi connectivity index (χ2v) is 14.3. The third-order valence-corrected chi connectivity index (χ3v) is 11.2. The lowest BCUT2D eigenvalue weighted by Crippen LogP contribution is -2.50. The van der Waals surface area contributed by atoms with E-state index in [-0.39, 0.29) is 27.7 Å². The minimum atomic E-state index is -4.04. The van der Waals surface area contributed by atoms with Gasteiger partial charge in [-0.2, -0.15) is 0 Å². The Balaban J connectivity index is 1.37. The number of likely N-dealkylation sites (N-methyl/N-ethyl adjacent to an activating group) is 1. The molecule has 2 N–H and O–H groups in total. The van der Waals surface area contributed by atoms with E-state index in [1.165, 1.54) is 22.4 Å². The molecule has 3 heterocycles. The molecule has 0 saturated carbocycles. The predicted molar refractivity (Wildman–Crippen MR) is 195 cm³/mol. The fourth-order valence-corrected chi connectivity index (χ4v) is 7.78. The number of carbonyl (C=O) groups excluding carboxylic acids is 1. The number of nitrogen functional groups attached to an aromatic ring is 1. The van der Waals surface area contributed by atoms with Crippen LogP contribution in [0.4, 0.5) is 10.1 Å². The summed E-state index contributed by atoms with van der Waals surface area (Å²) in [6.07, 6.45) is 3.03. The number of para-hydroxylation sites is 1. The van der Waals surface area contributed by atoms with Crippen LogP contribution < -0.4 is 10.5 Å². The summed E-state index contributed by atoms with van der Waals surface area (Å²) in [4.78, 5) is 24.9. The maximum absolute atomic E-state index is 15.5. The van der Waals surface area contributed by atoms with Crippen molar-refractivity contribution in [1.82, 2.24) is 23.7 Å². The number of halogens is 1. The fourth-order valence-electron chi connectivity index (χ4n) is 6.46. The number of carbonyl (C=O) groups is 1. The van der Waals surface area contributed by atoms with E-state index in [0.29, 0.717) is 46.5 Å². The van der Waals surface area contributed by atoms with Gasteiger partial charge in [0.15, 0.2) is 5.65 Å². The van der Waals surface area contributed by atoms with Crippen LogP contribution in [0.3, 0.4) is 0 Å². The third-order valence-electron chi connectivity index (χ3n) is 9.57. The highest BCUT2D eigenvalue weighted by molar-refractivity contribution is 7.90. The molecule has 262 valence electrons. The van der Waals surface area contributed by atoms with Crippen molar-refractivity contribution >= 4 is 32.7 Å². The quantitative estimate of drug-likeness (QED) is 0.174. The number of aryl methyl sites for hydroxylation is 1. The molecule has 12 heteroatoms. The maximum atomic E-state index is 15.5. The van der Waals surface area contributed by atoms with E-state index in [9.17, 15) is 13.2 Å². The second kappa shape index (κ2) is 14.6. The lowest BCUT2D eigenvalue weighted by atomic mass is 9.99. The molecule has 1 saturated heterocycles. The molecule has 0 bridgehead atoms. The molecule has 0 aliphatic carbocycles. The summed E-state index contributed by atoms with van der Waals surface area (Å²) in [6, 6.07) is 18.6. The van der Waals surface area contributed by atoms with Gasteiger partial charge in [0, 0.05) is 73.7 Å². The first-order valence-corrected chi connectivity index (χ1v) is 18.3. The lowest BCUT2D eigenvalue weighted by Gasteiger charge is -2.36. The van der Waals surface area contributed by atoms with Crippen LogP contribution in [0.1, 0.15) is 29.8 Å². The van der Waals surface area contributed by atoms with Gasteiger partial charge in [0.25, 0.3) is 15.9 Å². The molecule has 1 aliphatic heterocycles. The Morgan fingerprint density at radius 2 is 1.66 bits per heavy atom. The van der Waals surface area contributed by atoms with Crippen molar-refractivity contribution in [3.05, 3.63) is 96.1 Å². The molecule has 2 aromatic heterocycles. The normalized spacial score (nSPS) is 14.1. The zero-order valence-electron chi connectivity index (χ0n) is 28.9. The molecule has 0 atom stereocenters. The van der Waals surface area contributed by atoms with Gasteiger partial charge < -0.3 is 20.3 Å². The van der Waals surface area contributed by atoms with Crippen LogP contribution in [0.25, 0.3) is 33.3 Å². The highest BCUT2D eigenvalue weighted by Crippen LogP contribution is 2.39. The molecule has 0 spiro atoms. The number of nitrogens with zero attached hydrogens (tertiary/aromatic N) is 5. The summed E-state index contributed by atoms with van der Waals surface area (Å²) >= 11 is 0. The number of amides is 1. The van der Waals surface area contributed by atoms with Gasteiger partial charge in [0.2, 0.25) is 0 Å². The van der Waals surface area contributed by atoms with Gasteiger partial charge in [0.1, 0.15) is 11.6 Å². The Morgan fingerprint density at radius 1 is 0.960 bits per heavy atom. The van der Waals surface area contributed by atoms with Crippen molar-refractivity contribution in [3.8, 4) is 28.0 Å². The number of piperazine rings is 1. The maximum Gasteiger partial charge on any atom is 0.269 e. The molecular weight excluding hydrogens is 656 g/mol. The molecule has 5 aromatic rings. The fraction of sp³-hybridized carbons (Fsp3) is 0.316. The summed E-state index contributed by atoms with van der Waals surface area (Å²) in [7, 11) is -2.50. The van der Waals surface area contributed by atoms with Crippen LogP contribution in [-0.2, 0) is 10.0 Å². The van der Waals surface area contributed by atoms with Crippen LogP contribution in [-0.4, -0.2) is 97.4 Å². The van der Waals surface area contributed by atoms with E-state index in [2.05, 4.69) is 28.6 Å². The van der Waals surface area contributed by atoms with Crippen LogP contribution in [0.15, 0.2) is 84.0 Å². The molecule has 10 nitrogen and oxygen atoms in total. The first-order valence-electron chi connectivity index (χ1n) is 16.9. The molecular formula is C38H43FN6O4S. The number of nitrogens with two attached hydrogens (primary N) is 1. The number of benzene rings is 3. The third kappa shape index (κ3) is 6.83. The van der Waals surface area contributed by atoms with Crippen molar-refractivity contribution in [1.29, 1.82) is 0 Å². The summed E-state index contributed by atoms with van der Waals surface area (Å²) in [6.45, 7) is 12.6. The monoisotopic (exact) mass is 698 g/mol. The molecule has 1 amide bonds. The highest BCUT2D eigenvalue weighted by Gasteiger charge is 2.27. The average Bonchev–Trinajstić information content (AvgIpc) is 3.53. The highest BCUT2D eigenvalue weighted by atomic mass is 32.2. The Kier molecular flexibility index (Phi) is 10.2. The van der Waals surface area contributed by atoms with Crippen molar-refractivity contribution in [2.75, 3.05) is 65.2 Å². The number of anilines is 1. The average molecular weight is 699 g/mol. The molecule has 0 unspecified atom stereocenters. The van der Waals surface area contributed by atoms with E-state index >= 15 is 4.39 Å². The van der Waals surface area contributed by atoms with E-state index in [0.717, 1.165) is 44.8 Å². The topological polar surface area (TPSA) is 114 Å². The first-order chi connectivity index (χ1) is 24.0. The Bertz CT molecular complexity index is 2120. The number of fused-ring (bicyclic) bond motifs is 1. The Labute approximate surface area is 292 Å². The van der Waals surface area contributed by atoms with Crippen molar-refractivity contribution in [2.24, 2.45) is 0 Å².